The Hall–Kier alpha value is -2.78. The number of benzene rings is 1. The largest absolute Gasteiger partial charge is 0.383 e. The minimum absolute atomic E-state index is 0.0320. The van der Waals surface area contributed by atoms with Crippen LogP contribution in [0.5, 0.6) is 0 Å². The van der Waals surface area contributed by atoms with Gasteiger partial charge in [0.25, 0.3) is 5.91 Å². The van der Waals surface area contributed by atoms with Crippen LogP contribution < -0.4 is 5.69 Å². The molecule has 2 aromatic heterocycles. The molecule has 1 aromatic carbocycles. The minimum Gasteiger partial charge on any atom is -0.383 e. The molecule has 0 radical (unpaired) electrons. The van der Waals surface area contributed by atoms with Crippen LogP contribution in [0.25, 0.3) is 10.6 Å². The Labute approximate surface area is 185 Å². The number of likely N-dealkylation sites (tertiary alicyclic amines) is 1. The molecule has 9 heteroatoms. The molecule has 0 atom stereocenters. The molecule has 0 aliphatic carbocycles. The Morgan fingerprint density at radius 1 is 1.23 bits per heavy atom. The van der Waals surface area contributed by atoms with Crippen LogP contribution in [0.4, 0.5) is 0 Å². The number of rotatable bonds is 7. The SMILES string of the molecule is CCn1c(C2CCN(C(=O)c3csc(-c4ccccc4)n3)CC2)nn(CCOC)c1=O. The van der Waals surface area contributed by atoms with E-state index in [2.05, 4.69) is 10.1 Å². The van der Waals surface area contributed by atoms with Gasteiger partial charge in [0, 0.05) is 43.6 Å². The molecule has 8 nitrogen and oxygen atoms in total. The van der Waals surface area contributed by atoms with Gasteiger partial charge in [0.05, 0.1) is 13.2 Å². The van der Waals surface area contributed by atoms with E-state index in [0.717, 1.165) is 29.2 Å². The van der Waals surface area contributed by atoms with Crippen molar-refractivity contribution in [3.05, 3.63) is 57.7 Å². The number of aromatic nitrogens is 4. The molecular weight excluding hydrogens is 414 g/mol. The quantitative estimate of drug-likeness (QED) is 0.563. The van der Waals surface area contributed by atoms with Gasteiger partial charge in [0.15, 0.2) is 0 Å². The average molecular weight is 442 g/mol. The lowest BCUT2D eigenvalue weighted by Crippen LogP contribution is -2.38. The second-order valence-electron chi connectivity index (χ2n) is 7.57. The van der Waals surface area contributed by atoms with Crippen molar-refractivity contribution in [1.82, 2.24) is 24.2 Å². The first-order valence-corrected chi connectivity index (χ1v) is 11.5. The Balaban J connectivity index is 1.43. The number of ether oxygens (including phenoxy) is 1. The molecule has 1 aliphatic heterocycles. The molecular formula is C22H27N5O3S. The van der Waals surface area contributed by atoms with Gasteiger partial charge in [-0.15, -0.1) is 11.3 Å². The van der Waals surface area contributed by atoms with Crippen molar-refractivity contribution in [2.45, 2.75) is 38.8 Å². The van der Waals surface area contributed by atoms with E-state index in [0.29, 0.717) is 38.5 Å². The highest BCUT2D eigenvalue weighted by molar-refractivity contribution is 7.13. The van der Waals surface area contributed by atoms with Crippen LogP contribution in [0.2, 0.25) is 0 Å². The molecule has 0 saturated carbocycles. The summed E-state index contributed by atoms with van der Waals surface area (Å²) >= 11 is 1.49. The summed E-state index contributed by atoms with van der Waals surface area (Å²) in [7, 11) is 1.61. The Kier molecular flexibility index (Phi) is 6.62. The van der Waals surface area contributed by atoms with Gasteiger partial charge in [-0.05, 0) is 19.8 Å². The summed E-state index contributed by atoms with van der Waals surface area (Å²) in [5.74, 6) is 0.946. The van der Waals surface area contributed by atoms with Crippen LogP contribution in [-0.4, -0.2) is 56.9 Å². The summed E-state index contributed by atoms with van der Waals surface area (Å²) in [4.78, 5) is 32.0. The van der Waals surface area contributed by atoms with E-state index < -0.39 is 0 Å². The van der Waals surface area contributed by atoms with Gasteiger partial charge in [-0.25, -0.2) is 14.5 Å². The van der Waals surface area contributed by atoms with E-state index in [4.69, 9.17) is 4.74 Å². The molecule has 1 amide bonds. The van der Waals surface area contributed by atoms with Crippen LogP contribution in [0.15, 0.2) is 40.5 Å². The van der Waals surface area contributed by atoms with Crippen molar-refractivity contribution >= 4 is 17.2 Å². The highest BCUT2D eigenvalue weighted by atomic mass is 32.1. The molecule has 3 aromatic rings. The van der Waals surface area contributed by atoms with E-state index >= 15 is 0 Å². The molecule has 164 valence electrons. The van der Waals surface area contributed by atoms with Crippen LogP contribution in [0, 0.1) is 0 Å². The molecule has 1 fully saturated rings. The molecule has 0 unspecified atom stereocenters. The fourth-order valence-electron chi connectivity index (χ4n) is 3.97. The fraction of sp³-hybridized carbons (Fsp3) is 0.455. The van der Waals surface area contributed by atoms with Gasteiger partial charge in [-0.1, -0.05) is 30.3 Å². The van der Waals surface area contributed by atoms with Crippen molar-refractivity contribution in [2.24, 2.45) is 0 Å². The number of piperidine rings is 1. The summed E-state index contributed by atoms with van der Waals surface area (Å²) in [6, 6.07) is 9.90. The standard InChI is InChI=1S/C22H27N5O3S/c1-3-26-19(24-27(22(26)29)13-14-30-2)16-9-11-25(12-10-16)21(28)18-15-31-20(23-18)17-7-5-4-6-8-17/h4-8,15-16H,3,9-14H2,1-2H3. The zero-order valence-electron chi connectivity index (χ0n) is 17.9. The molecule has 31 heavy (non-hydrogen) atoms. The van der Waals surface area contributed by atoms with Crippen molar-refractivity contribution in [3.8, 4) is 10.6 Å². The summed E-state index contributed by atoms with van der Waals surface area (Å²) in [6.45, 7) is 4.70. The van der Waals surface area contributed by atoms with E-state index in [1.807, 2.05) is 47.5 Å². The van der Waals surface area contributed by atoms with Crippen LogP contribution in [0.1, 0.15) is 42.0 Å². The summed E-state index contributed by atoms with van der Waals surface area (Å²) in [6.07, 6.45) is 1.56. The van der Waals surface area contributed by atoms with E-state index in [-0.39, 0.29) is 17.5 Å². The molecule has 1 aliphatic rings. The van der Waals surface area contributed by atoms with Crippen molar-refractivity contribution < 1.29 is 9.53 Å². The van der Waals surface area contributed by atoms with Gasteiger partial charge in [0.1, 0.15) is 16.5 Å². The lowest BCUT2D eigenvalue weighted by atomic mass is 9.95. The van der Waals surface area contributed by atoms with Gasteiger partial charge >= 0.3 is 5.69 Å². The fourth-order valence-corrected chi connectivity index (χ4v) is 4.77. The third-order valence-corrected chi connectivity index (χ3v) is 6.56. The highest BCUT2D eigenvalue weighted by Gasteiger charge is 2.29. The summed E-state index contributed by atoms with van der Waals surface area (Å²) in [5, 5.41) is 7.27. The van der Waals surface area contributed by atoms with Crippen molar-refractivity contribution in [1.29, 1.82) is 0 Å². The normalized spacial score (nSPS) is 14.8. The van der Waals surface area contributed by atoms with Crippen LogP contribution in [0.3, 0.4) is 0 Å². The first kappa shape index (κ1) is 21.5. The average Bonchev–Trinajstić information content (AvgIpc) is 3.43. The number of amides is 1. The van der Waals surface area contributed by atoms with Gasteiger partial charge in [-0.2, -0.15) is 5.10 Å². The first-order valence-electron chi connectivity index (χ1n) is 10.6. The Morgan fingerprint density at radius 3 is 2.65 bits per heavy atom. The van der Waals surface area contributed by atoms with E-state index in [9.17, 15) is 9.59 Å². The van der Waals surface area contributed by atoms with Crippen molar-refractivity contribution in [3.63, 3.8) is 0 Å². The smallest absolute Gasteiger partial charge is 0.345 e. The van der Waals surface area contributed by atoms with Gasteiger partial charge in [-0.3, -0.25) is 9.36 Å². The number of thiazole rings is 1. The lowest BCUT2D eigenvalue weighted by molar-refractivity contribution is 0.0705. The predicted octanol–water partition coefficient (Wildman–Crippen LogP) is 2.85. The maximum Gasteiger partial charge on any atom is 0.345 e. The number of hydrogen-bond donors (Lipinski definition) is 0. The maximum absolute atomic E-state index is 13.0. The molecule has 0 N–H and O–H groups in total. The molecule has 0 spiro atoms. The zero-order valence-corrected chi connectivity index (χ0v) is 18.7. The first-order chi connectivity index (χ1) is 15.1. The topological polar surface area (TPSA) is 82.2 Å². The van der Waals surface area contributed by atoms with E-state index in [1.165, 1.54) is 16.0 Å². The number of hydrogen-bond acceptors (Lipinski definition) is 6. The van der Waals surface area contributed by atoms with Gasteiger partial charge in [0.2, 0.25) is 0 Å². The predicted molar refractivity (Wildman–Crippen MR) is 119 cm³/mol. The van der Waals surface area contributed by atoms with Crippen LogP contribution >= 0.6 is 11.3 Å². The second kappa shape index (κ2) is 9.57. The number of methoxy groups -OCH3 is 1. The second-order valence-corrected chi connectivity index (χ2v) is 8.43. The third-order valence-electron chi connectivity index (χ3n) is 5.67. The minimum atomic E-state index is -0.0935. The Bertz CT molecular complexity index is 1080. The van der Waals surface area contributed by atoms with Crippen molar-refractivity contribution in [2.75, 3.05) is 26.8 Å². The molecule has 3 heterocycles. The number of nitrogens with zero attached hydrogens (tertiary/aromatic N) is 5. The maximum atomic E-state index is 13.0. The van der Waals surface area contributed by atoms with Gasteiger partial charge < -0.3 is 9.64 Å². The lowest BCUT2D eigenvalue weighted by Gasteiger charge is -2.31. The zero-order chi connectivity index (χ0) is 21.8. The molecule has 4 rings (SSSR count). The Morgan fingerprint density at radius 2 is 1.97 bits per heavy atom. The number of carbonyl (C=O) groups excluding carboxylic acids is 1. The summed E-state index contributed by atoms with van der Waals surface area (Å²) in [5.41, 5.74) is 1.42. The number of carbonyl (C=O) groups is 1. The monoisotopic (exact) mass is 441 g/mol. The summed E-state index contributed by atoms with van der Waals surface area (Å²) < 4.78 is 8.31. The third kappa shape index (κ3) is 4.47. The van der Waals surface area contributed by atoms with E-state index in [1.54, 1.807) is 11.7 Å². The molecule has 0 bridgehead atoms. The molecule has 1 saturated heterocycles. The highest BCUT2D eigenvalue weighted by Crippen LogP contribution is 2.28. The van der Waals surface area contributed by atoms with Crippen LogP contribution in [-0.2, 0) is 17.8 Å².